The summed E-state index contributed by atoms with van der Waals surface area (Å²) in [7, 11) is -1.40. The lowest BCUT2D eigenvalue weighted by Crippen LogP contribution is -2.41. The fourth-order valence-electron chi connectivity index (χ4n) is 2.87. The summed E-state index contributed by atoms with van der Waals surface area (Å²) in [4.78, 5) is 2.72. The number of nitrogens with one attached hydrogen (secondary N) is 1. The van der Waals surface area contributed by atoms with Gasteiger partial charge in [-0.3, -0.25) is 4.90 Å². The third kappa shape index (κ3) is 3.53. The Morgan fingerprint density at radius 1 is 1.18 bits per heavy atom. The number of benzene rings is 1. The first kappa shape index (κ1) is 17.4. The van der Waals surface area contributed by atoms with Crippen LogP contribution in [0.5, 0.6) is 0 Å². The zero-order valence-electron chi connectivity index (χ0n) is 14.5. The van der Waals surface area contributed by atoms with Gasteiger partial charge in [0.1, 0.15) is 0 Å². The molecule has 1 unspecified atom stereocenters. The van der Waals surface area contributed by atoms with E-state index < -0.39 is 10.0 Å². The first-order valence-corrected chi connectivity index (χ1v) is 9.42. The van der Waals surface area contributed by atoms with Gasteiger partial charge in [-0.05, 0) is 76.8 Å². The first-order chi connectivity index (χ1) is 10.1. The minimum absolute atomic E-state index is 0.203. The molecular weight excluding hydrogens is 296 g/mol. The molecule has 0 saturated heterocycles. The molecule has 1 aliphatic carbocycles. The predicted octanol–water partition coefficient (Wildman–Crippen LogP) is 2.68. The van der Waals surface area contributed by atoms with Crippen LogP contribution in [0, 0.1) is 27.7 Å². The molecule has 0 aliphatic heterocycles. The lowest BCUT2D eigenvalue weighted by Gasteiger charge is -2.25. The molecule has 1 atom stereocenters. The van der Waals surface area contributed by atoms with Gasteiger partial charge in [0.15, 0.2) is 0 Å². The van der Waals surface area contributed by atoms with Crippen LogP contribution < -0.4 is 4.72 Å². The SMILES string of the molecule is Cc1cc(C)c(C)c(S(=O)(=O)NCC(C)N(C)C2CC2)c1C. The highest BCUT2D eigenvalue weighted by Crippen LogP contribution is 2.28. The van der Waals surface area contributed by atoms with Crippen LogP contribution in [-0.2, 0) is 10.0 Å². The van der Waals surface area contributed by atoms with Crippen LogP contribution in [0.15, 0.2) is 11.0 Å². The Balaban J connectivity index is 2.20. The van der Waals surface area contributed by atoms with E-state index in [1.165, 1.54) is 12.8 Å². The van der Waals surface area contributed by atoms with E-state index in [2.05, 4.69) is 23.6 Å². The maximum absolute atomic E-state index is 12.8. The minimum atomic E-state index is -3.48. The second-order valence-electron chi connectivity index (χ2n) is 6.69. The topological polar surface area (TPSA) is 49.4 Å². The summed E-state index contributed by atoms with van der Waals surface area (Å²) in [5.74, 6) is 0. The van der Waals surface area contributed by atoms with Gasteiger partial charge in [0.2, 0.25) is 10.0 Å². The third-order valence-electron chi connectivity index (χ3n) is 4.95. The van der Waals surface area contributed by atoms with Gasteiger partial charge in [0, 0.05) is 18.6 Å². The van der Waals surface area contributed by atoms with Crippen molar-refractivity contribution < 1.29 is 8.42 Å². The van der Waals surface area contributed by atoms with Crippen molar-refractivity contribution in [2.24, 2.45) is 0 Å². The molecule has 0 radical (unpaired) electrons. The summed E-state index contributed by atoms with van der Waals surface area (Å²) in [6, 6.07) is 2.88. The van der Waals surface area contributed by atoms with E-state index in [4.69, 9.17) is 0 Å². The molecule has 124 valence electrons. The first-order valence-electron chi connectivity index (χ1n) is 7.94. The van der Waals surface area contributed by atoms with E-state index in [9.17, 15) is 8.42 Å². The van der Waals surface area contributed by atoms with Crippen molar-refractivity contribution in [3.8, 4) is 0 Å². The highest BCUT2D eigenvalue weighted by Gasteiger charge is 2.30. The normalized spacial score (nSPS) is 17.0. The van der Waals surface area contributed by atoms with Crippen LogP contribution in [0.25, 0.3) is 0 Å². The zero-order chi connectivity index (χ0) is 16.7. The molecule has 0 amide bonds. The van der Waals surface area contributed by atoms with Gasteiger partial charge >= 0.3 is 0 Å². The van der Waals surface area contributed by atoms with E-state index in [0.29, 0.717) is 17.5 Å². The number of hydrogen-bond acceptors (Lipinski definition) is 3. The van der Waals surface area contributed by atoms with Crippen molar-refractivity contribution in [3.63, 3.8) is 0 Å². The van der Waals surface area contributed by atoms with Crippen molar-refractivity contribution in [2.45, 2.75) is 64.4 Å². The van der Waals surface area contributed by atoms with Gasteiger partial charge in [-0.2, -0.15) is 0 Å². The molecule has 1 aromatic carbocycles. The average molecular weight is 324 g/mol. The Labute approximate surface area is 135 Å². The molecule has 0 aromatic heterocycles. The molecule has 1 fully saturated rings. The van der Waals surface area contributed by atoms with Crippen LogP contribution in [0.1, 0.15) is 42.0 Å². The Morgan fingerprint density at radius 3 is 2.14 bits per heavy atom. The van der Waals surface area contributed by atoms with Crippen LogP contribution in [0.2, 0.25) is 0 Å². The Bertz CT molecular complexity index is 637. The lowest BCUT2D eigenvalue weighted by molar-refractivity contribution is 0.248. The molecule has 5 heteroatoms. The fourth-order valence-corrected chi connectivity index (χ4v) is 4.61. The average Bonchev–Trinajstić information content (AvgIpc) is 3.26. The standard InChI is InChI=1S/C17H28N2O2S/c1-11-9-12(2)15(5)17(14(11)4)22(20,21)18-10-13(3)19(6)16-7-8-16/h9,13,16,18H,7-8,10H2,1-6H3. The molecule has 4 nitrogen and oxygen atoms in total. The lowest BCUT2D eigenvalue weighted by atomic mass is 10.0. The summed E-state index contributed by atoms with van der Waals surface area (Å²) in [5.41, 5.74) is 3.73. The molecule has 0 bridgehead atoms. The number of nitrogens with zero attached hydrogens (tertiary/aromatic N) is 1. The largest absolute Gasteiger partial charge is 0.299 e. The number of aryl methyl sites for hydroxylation is 2. The monoisotopic (exact) mass is 324 g/mol. The molecule has 0 spiro atoms. The highest BCUT2D eigenvalue weighted by molar-refractivity contribution is 7.89. The van der Waals surface area contributed by atoms with Crippen LogP contribution in [-0.4, -0.2) is 39.0 Å². The number of hydrogen-bond donors (Lipinski definition) is 1. The Hall–Kier alpha value is -0.910. The van der Waals surface area contributed by atoms with Gasteiger partial charge < -0.3 is 0 Å². The predicted molar refractivity (Wildman–Crippen MR) is 90.8 cm³/mol. The second kappa shape index (κ2) is 6.30. The third-order valence-corrected chi connectivity index (χ3v) is 6.65. The van der Waals surface area contributed by atoms with E-state index >= 15 is 0 Å². The van der Waals surface area contributed by atoms with Crippen molar-refractivity contribution in [2.75, 3.05) is 13.6 Å². The van der Waals surface area contributed by atoms with E-state index in [-0.39, 0.29) is 6.04 Å². The number of sulfonamides is 1. The van der Waals surface area contributed by atoms with Gasteiger partial charge in [-0.15, -0.1) is 0 Å². The molecule has 2 rings (SSSR count). The van der Waals surface area contributed by atoms with Crippen LogP contribution >= 0.6 is 0 Å². The minimum Gasteiger partial charge on any atom is -0.299 e. The highest BCUT2D eigenvalue weighted by atomic mass is 32.2. The summed E-state index contributed by atoms with van der Waals surface area (Å²) >= 11 is 0. The molecule has 0 heterocycles. The van der Waals surface area contributed by atoms with Crippen molar-refractivity contribution >= 4 is 10.0 Å². The van der Waals surface area contributed by atoms with Crippen molar-refractivity contribution in [1.29, 1.82) is 0 Å². The molecular formula is C17H28N2O2S. The molecule has 1 aliphatic rings. The van der Waals surface area contributed by atoms with Crippen LogP contribution in [0.4, 0.5) is 0 Å². The molecule has 1 N–H and O–H groups in total. The van der Waals surface area contributed by atoms with Gasteiger partial charge in [0.25, 0.3) is 0 Å². The van der Waals surface area contributed by atoms with E-state index in [1.54, 1.807) is 0 Å². The molecule has 22 heavy (non-hydrogen) atoms. The smallest absolute Gasteiger partial charge is 0.241 e. The van der Waals surface area contributed by atoms with E-state index in [1.807, 2.05) is 33.8 Å². The number of likely N-dealkylation sites (N-methyl/N-ethyl adjacent to an activating group) is 1. The summed E-state index contributed by atoms with van der Waals surface area (Å²) in [5, 5.41) is 0. The quantitative estimate of drug-likeness (QED) is 0.875. The maximum atomic E-state index is 12.8. The Morgan fingerprint density at radius 2 is 1.68 bits per heavy atom. The Kier molecular flexibility index (Phi) is 5.00. The summed E-state index contributed by atoms with van der Waals surface area (Å²) in [6.07, 6.45) is 2.45. The summed E-state index contributed by atoms with van der Waals surface area (Å²) in [6.45, 7) is 10.2. The maximum Gasteiger partial charge on any atom is 0.241 e. The zero-order valence-corrected chi connectivity index (χ0v) is 15.3. The van der Waals surface area contributed by atoms with Crippen LogP contribution in [0.3, 0.4) is 0 Å². The molecule has 1 aromatic rings. The van der Waals surface area contributed by atoms with Gasteiger partial charge in [0.05, 0.1) is 4.90 Å². The number of rotatable bonds is 6. The van der Waals surface area contributed by atoms with E-state index in [0.717, 1.165) is 22.3 Å². The second-order valence-corrected chi connectivity index (χ2v) is 8.39. The summed E-state index contributed by atoms with van der Waals surface area (Å²) < 4.78 is 28.3. The van der Waals surface area contributed by atoms with Crippen molar-refractivity contribution in [3.05, 3.63) is 28.3 Å². The van der Waals surface area contributed by atoms with Gasteiger partial charge in [-0.25, -0.2) is 13.1 Å². The van der Waals surface area contributed by atoms with Crippen molar-refractivity contribution in [1.82, 2.24) is 9.62 Å². The van der Waals surface area contributed by atoms with Gasteiger partial charge in [-0.1, -0.05) is 6.07 Å². The fraction of sp³-hybridized carbons (Fsp3) is 0.647. The molecule has 1 saturated carbocycles.